The number of halogens is 1. The highest BCUT2D eigenvalue weighted by Crippen LogP contribution is 2.26. The molecule has 0 aliphatic carbocycles. The van der Waals surface area contributed by atoms with Crippen LogP contribution in [0.3, 0.4) is 0 Å². The Hall–Kier alpha value is -1.40. The Morgan fingerprint density at radius 1 is 1.35 bits per heavy atom. The number of thiophene rings is 1. The van der Waals surface area contributed by atoms with Crippen LogP contribution in [0.15, 0.2) is 39.7 Å². The normalized spacial score (nSPS) is 11.1. The van der Waals surface area contributed by atoms with E-state index in [-0.39, 0.29) is 4.90 Å². The van der Waals surface area contributed by atoms with Crippen LogP contribution in [-0.2, 0) is 16.6 Å². The maximum atomic E-state index is 11.2. The summed E-state index contributed by atoms with van der Waals surface area (Å²) in [6.45, 7) is 0.555. The minimum Gasteiger partial charge on any atom is -0.379 e. The first kappa shape index (κ1) is 15.0. The highest BCUT2D eigenvalue weighted by molar-refractivity contribution is 9.10. The van der Waals surface area contributed by atoms with E-state index in [1.54, 1.807) is 12.1 Å². The van der Waals surface area contributed by atoms with Crippen LogP contribution in [0.25, 0.3) is 0 Å². The van der Waals surface area contributed by atoms with Crippen molar-refractivity contribution in [1.29, 1.82) is 5.26 Å². The lowest BCUT2D eigenvalue weighted by molar-refractivity contribution is 0.598. The van der Waals surface area contributed by atoms with Gasteiger partial charge in [-0.15, -0.1) is 11.3 Å². The second-order valence-electron chi connectivity index (χ2n) is 3.92. The van der Waals surface area contributed by atoms with Crippen molar-refractivity contribution in [3.63, 3.8) is 0 Å². The zero-order valence-corrected chi connectivity index (χ0v) is 13.3. The van der Waals surface area contributed by atoms with Gasteiger partial charge in [-0.3, -0.25) is 0 Å². The van der Waals surface area contributed by atoms with Gasteiger partial charge in [0.25, 0.3) is 0 Å². The molecule has 2 aromatic rings. The summed E-state index contributed by atoms with van der Waals surface area (Å²) in [5.74, 6) is 0. The Labute approximate surface area is 129 Å². The van der Waals surface area contributed by atoms with Crippen molar-refractivity contribution in [3.8, 4) is 6.07 Å². The third kappa shape index (κ3) is 3.58. The van der Waals surface area contributed by atoms with E-state index in [2.05, 4.69) is 27.3 Å². The fourth-order valence-electron chi connectivity index (χ4n) is 1.53. The van der Waals surface area contributed by atoms with Crippen LogP contribution < -0.4 is 10.5 Å². The molecule has 1 heterocycles. The van der Waals surface area contributed by atoms with E-state index in [0.29, 0.717) is 15.9 Å². The number of benzene rings is 1. The monoisotopic (exact) mass is 371 g/mol. The van der Waals surface area contributed by atoms with Crippen LogP contribution in [0.1, 0.15) is 9.75 Å². The van der Waals surface area contributed by atoms with Crippen LogP contribution in [0, 0.1) is 11.3 Å². The van der Waals surface area contributed by atoms with E-state index in [1.165, 1.54) is 23.5 Å². The fourth-order valence-corrected chi connectivity index (χ4v) is 3.49. The number of nitrogens with two attached hydrogens (primary N) is 1. The molecular weight excluding hydrogens is 362 g/mol. The second kappa shape index (κ2) is 5.93. The molecule has 104 valence electrons. The van der Waals surface area contributed by atoms with Crippen molar-refractivity contribution in [2.24, 2.45) is 5.14 Å². The Morgan fingerprint density at radius 3 is 2.65 bits per heavy atom. The number of hydrogen-bond acceptors (Lipinski definition) is 5. The molecule has 0 aliphatic heterocycles. The van der Waals surface area contributed by atoms with Gasteiger partial charge in [-0.05, 0) is 46.3 Å². The molecule has 0 aliphatic rings. The first-order valence-electron chi connectivity index (χ1n) is 5.45. The minimum atomic E-state index is -3.70. The average molecular weight is 372 g/mol. The van der Waals surface area contributed by atoms with E-state index >= 15 is 0 Å². The number of primary sulfonamides is 1. The summed E-state index contributed by atoms with van der Waals surface area (Å²) in [6.07, 6.45) is 0. The summed E-state index contributed by atoms with van der Waals surface area (Å²) in [5.41, 5.74) is 0.754. The average Bonchev–Trinajstić information content (AvgIpc) is 2.84. The zero-order chi connectivity index (χ0) is 14.8. The summed E-state index contributed by atoms with van der Waals surface area (Å²) < 4.78 is 23.1. The third-order valence-electron chi connectivity index (χ3n) is 2.49. The van der Waals surface area contributed by atoms with Crippen molar-refractivity contribution < 1.29 is 8.42 Å². The van der Waals surface area contributed by atoms with Crippen LogP contribution in [0.2, 0.25) is 0 Å². The lowest BCUT2D eigenvalue weighted by Gasteiger charge is -2.08. The predicted molar refractivity (Wildman–Crippen MR) is 81.9 cm³/mol. The van der Waals surface area contributed by atoms with E-state index in [0.717, 1.165) is 10.6 Å². The molecule has 5 nitrogen and oxygen atoms in total. The Bertz CT molecular complexity index is 778. The number of nitrogens with one attached hydrogen (secondary N) is 1. The summed E-state index contributed by atoms with van der Waals surface area (Å²) in [6, 6.07) is 10.3. The molecule has 2 rings (SSSR count). The molecule has 20 heavy (non-hydrogen) atoms. The Balaban J connectivity index is 2.13. The smallest absolute Gasteiger partial charge is 0.238 e. The number of rotatable bonds is 4. The Morgan fingerprint density at radius 2 is 2.10 bits per heavy atom. The van der Waals surface area contributed by atoms with Crippen molar-refractivity contribution >= 4 is 43.0 Å². The van der Waals surface area contributed by atoms with Gasteiger partial charge in [-0.25, -0.2) is 13.6 Å². The molecule has 0 fully saturated rings. The predicted octanol–water partition coefficient (Wildman–Crippen LogP) is 2.64. The summed E-state index contributed by atoms with van der Waals surface area (Å²) in [5, 5.41) is 17.0. The number of nitriles is 1. The second-order valence-corrected chi connectivity index (χ2v) is 7.50. The zero-order valence-electron chi connectivity index (χ0n) is 10.1. The first-order chi connectivity index (χ1) is 9.40. The van der Waals surface area contributed by atoms with Gasteiger partial charge in [0.1, 0.15) is 10.9 Å². The molecule has 0 amide bonds. The number of sulfonamides is 1. The van der Waals surface area contributed by atoms with E-state index in [1.807, 2.05) is 6.07 Å². The lowest BCUT2D eigenvalue weighted by Crippen LogP contribution is -2.12. The molecule has 1 aromatic carbocycles. The molecule has 0 bridgehead atoms. The minimum absolute atomic E-state index is 0.0535. The standard InChI is InChI=1S/C12H10BrN3O2S2/c13-11-5-10(20(15,17)18)3-4-12(11)16-7-9-2-1-8(6-14)19-9/h1-5,16H,7H2,(H2,15,17,18). The molecule has 0 saturated heterocycles. The molecule has 0 saturated carbocycles. The molecule has 0 spiro atoms. The van der Waals surface area contributed by atoms with Crippen LogP contribution in [0.4, 0.5) is 5.69 Å². The van der Waals surface area contributed by atoms with E-state index in [4.69, 9.17) is 10.4 Å². The van der Waals surface area contributed by atoms with Gasteiger partial charge < -0.3 is 5.32 Å². The van der Waals surface area contributed by atoms with Crippen molar-refractivity contribution in [2.75, 3.05) is 5.32 Å². The van der Waals surface area contributed by atoms with Crippen LogP contribution in [-0.4, -0.2) is 8.42 Å². The summed E-state index contributed by atoms with van der Waals surface area (Å²) >= 11 is 4.71. The van der Waals surface area contributed by atoms with Gasteiger partial charge >= 0.3 is 0 Å². The largest absolute Gasteiger partial charge is 0.379 e. The highest BCUT2D eigenvalue weighted by atomic mass is 79.9. The number of nitrogens with zero attached hydrogens (tertiary/aromatic N) is 1. The molecular formula is C12H10BrN3O2S2. The van der Waals surface area contributed by atoms with Crippen molar-refractivity contribution in [2.45, 2.75) is 11.4 Å². The topological polar surface area (TPSA) is 96.0 Å². The molecule has 0 radical (unpaired) electrons. The van der Waals surface area contributed by atoms with Crippen LogP contribution in [0.5, 0.6) is 0 Å². The number of anilines is 1. The van der Waals surface area contributed by atoms with Crippen molar-refractivity contribution in [1.82, 2.24) is 0 Å². The van der Waals surface area contributed by atoms with Gasteiger partial charge in [0.05, 0.1) is 4.90 Å². The molecule has 1 aromatic heterocycles. The van der Waals surface area contributed by atoms with E-state index in [9.17, 15) is 8.42 Å². The van der Waals surface area contributed by atoms with Gasteiger partial charge in [0.2, 0.25) is 10.0 Å². The van der Waals surface area contributed by atoms with Crippen molar-refractivity contribution in [3.05, 3.63) is 44.6 Å². The third-order valence-corrected chi connectivity index (χ3v) is 5.05. The van der Waals surface area contributed by atoms with Gasteiger partial charge in [0.15, 0.2) is 0 Å². The maximum Gasteiger partial charge on any atom is 0.238 e. The Kier molecular flexibility index (Phi) is 4.45. The molecule has 8 heteroatoms. The quantitative estimate of drug-likeness (QED) is 0.862. The lowest BCUT2D eigenvalue weighted by atomic mass is 10.3. The molecule has 0 unspecified atom stereocenters. The van der Waals surface area contributed by atoms with Gasteiger partial charge in [-0.2, -0.15) is 5.26 Å². The molecule has 3 N–H and O–H groups in total. The fraction of sp³-hybridized carbons (Fsp3) is 0.0833. The van der Waals surface area contributed by atoms with E-state index < -0.39 is 10.0 Å². The van der Waals surface area contributed by atoms with Crippen LogP contribution >= 0.6 is 27.3 Å². The highest BCUT2D eigenvalue weighted by Gasteiger charge is 2.10. The number of hydrogen-bond donors (Lipinski definition) is 2. The summed E-state index contributed by atoms with van der Waals surface area (Å²) in [7, 11) is -3.70. The van der Waals surface area contributed by atoms with Gasteiger partial charge in [0, 0.05) is 21.6 Å². The summed E-state index contributed by atoms with van der Waals surface area (Å²) in [4.78, 5) is 1.73. The first-order valence-corrected chi connectivity index (χ1v) is 8.61. The molecule has 0 atom stereocenters. The van der Waals surface area contributed by atoms with Gasteiger partial charge in [-0.1, -0.05) is 0 Å². The SMILES string of the molecule is N#Cc1ccc(CNc2ccc(S(N)(=O)=O)cc2Br)s1. The maximum absolute atomic E-state index is 11.2.